The fourth-order valence-electron chi connectivity index (χ4n) is 1.33. The van der Waals surface area contributed by atoms with Gasteiger partial charge in [0.15, 0.2) is 5.84 Å². The van der Waals surface area contributed by atoms with E-state index < -0.39 is 18.8 Å². The van der Waals surface area contributed by atoms with E-state index in [-0.39, 0.29) is 5.84 Å². The Labute approximate surface area is 112 Å². The van der Waals surface area contributed by atoms with E-state index in [1.54, 1.807) is 5.32 Å². The lowest BCUT2D eigenvalue weighted by molar-refractivity contribution is -0.122. The highest BCUT2D eigenvalue weighted by Crippen LogP contribution is 2.15. The van der Waals surface area contributed by atoms with Gasteiger partial charge < -0.3 is 16.3 Å². The summed E-state index contributed by atoms with van der Waals surface area (Å²) in [4.78, 5) is 12.5. The molecule has 20 heavy (non-hydrogen) atoms. The van der Waals surface area contributed by atoms with Crippen molar-refractivity contribution in [2.24, 2.45) is 10.9 Å². The molecule has 6 nitrogen and oxygen atoms in total. The Kier molecular flexibility index (Phi) is 4.78. The molecular formula is C11H13F3N4O2. The summed E-state index contributed by atoms with van der Waals surface area (Å²) in [5, 5.41) is 13.0. The topological polar surface area (TPSA) is 91.0 Å². The fraction of sp³-hybridized carbons (Fsp3) is 0.273. The summed E-state index contributed by atoms with van der Waals surface area (Å²) < 4.78 is 35.9. The molecule has 0 fully saturated rings. The molecule has 2 amide bonds. The molecule has 0 aliphatic rings. The van der Waals surface area contributed by atoms with Crippen molar-refractivity contribution in [2.45, 2.75) is 6.18 Å². The molecule has 9 heteroatoms. The number of amidine groups is 1. The fourth-order valence-corrected chi connectivity index (χ4v) is 1.33. The number of amides is 2. The molecule has 0 saturated carbocycles. The highest BCUT2D eigenvalue weighted by Gasteiger charge is 2.28. The van der Waals surface area contributed by atoms with E-state index in [2.05, 4.69) is 5.16 Å². The minimum absolute atomic E-state index is 0.110. The van der Waals surface area contributed by atoms with Crippen molar-refractivity contribution in [3.05, 3.63) is 29.8 Å². The summed E-state index contributed by atoms with van der Waals surface area (Å²) in [6.07, 6.45) is -4.47. The van der Waals surface area contributed by atoms with Gasteiger partial charge in [0.25, 0.3) is 0 Å². The van der Waals surface area contributed by atoms with Crippen LogP contribution in [0.5, 0.6) is 0 Å². The van der Waals surface area contributed by atoms with E-state index in [1.165, 1.54) is 31.3 Å². The number of rotatable bonds is 3. The number of urea groups is 1. The first-order valence-corrected chi connectivity index (χ1v) is 5.41. The average molecular weight is 290 g/mol. The van der Waals surface area contributed by atoms with Gasteiger partial charge in [-0.2, -0.15) is 13.2 Å². The lowest BCUT2D eigenvalue weighted by atomic mass is 10.2. The second kappa shape index (κ2) is 6.13. The molecule has 110 valence electrons. The van der Waals surface area contributed by atoms with Crippen LogP contribution in [0.15, 0.2) is 29.4 Å². The third kappa shape index (κ3) is 4.34. The van der Waals surface area contributed by atoms with Crippen LogP contribution in [0.3, 0.4) is 0 Å². The van der Waals surface area contributed by atoms with Crippen LogP contribution in [0.4, 0.5) is 23.7 Å². The number of benzene rings is 1. The van der Waals surface area contributed by atoms with Gasteiger partial charge >= 0.3 is 12.2 Å². The zero-order valence-corrected chi connectivity index (χ0v) is 10.5. The van der Waals surface area contributed by atoms with Crippen molar-refractivity contribution >= 4 is 17.6 Å². The van der Waals surface area contributed by atoms with Crippen molar-refractivity contribution in [1.29, 1.82) is 0 Å². The number of carbonyl (C=O) groups is 1. The van der Waals surface area contributed by atoms with E-state index in [1.807, 2.05) is 0 Å². The van der Waals surface area contributed by atoms with Crippen LogP contribution in [-0.4, -0.2) is 36.8 Å². The van der Waals surface area contributed by atoms with E-state index in [4.69, 9.17) is 10.9 Å². The molecular weight excluding hydrogens is 277 g/mol. The van der Waals surface area contributed by atoms with E-state index in [0.29, 0.717) is 11.3 Å². The number of alkyl halides is 3. The third-order valence-corrected chi connectivity index (χ3v) is 2.40. The van der Waals surface area contributed by atoms with Gasteiger partial charge in [-0.1, -0.05) is 5.16 Å². The van der Waals surface area contributed by atoms with Crippen molar-refractivity contribution in [3.63, 3.8) is 0 Å². The standard InChI is InChI=1S/C11H13F3N4O2/c1-18(10(19)16-6-11(12,13)14)8-4-2-7(3-5-8)9(15)17-20/h2-5,20H,6H2,1H3,(H2,15,17)(H,16,19). The van der Waals surface area contributed by atoms with Gasteiger partial charge in [-0.15, -0.1) is 0 Å². The number of hydrogen-bond donors (Lipinski definition) is 3. The molecule has 0 heterocycles. The van der Waals surface area contributed by atoms with Crippen LogP contribution < -0.4 is 16.0 Å². The number of halogens is 3. The van der Waals surface area contributed by atoms with Gasteiger partial charge in [0.2, 0.25) is 0 Å². The Morgan fingerprint density at radius 2 is 1.95 bits per heavy atom. The van der Waals surface area contributed by atoms with Crippen molar-refractivity contribution < 1.29 is 23.2 Å². The smallest absolute Gasteiger partial charge is 0.405 e. The summed E-state index contributed by atoms with van der Waals surface area (Å²) >= 11 is 0. The number of nitrogens with one attached hydrogen (secondary N) is 1. The molecule has 1 rings (SSSR count). The second-order valence-electron chi connectivity index (χ2n) is 3.87. The molecule has 0 unspecified atom stereocenters. The minimum atomic E-state index is -4.47. The Morgan fingerprint density at radius 3 is 2.40 bits per heavy atom. The molecule has 0 atom stereocenters. The van der Waals surface area contributed by atoms with E-state index >= 15 is 0 Å². The number of carbonyl (C=O) groups excluding carboxylic acids is 1. The number of oxime groups is 1. The van der Waals surface area contributed by atoms with Gasteiger partial charge in [-0.05, 0) is 24.3 Å². The van der Waals surface area contributed by atoms with Gasteiger partial charge in [0, 0.05) is 18.3 Å². The maximum atomic E-state index is 12.0. The quantitative estimate of drug-likeness (QED) is 0.341. The lowest BCUT2D eigenvalue weighted by Crippen LogP contribution is -2.41. The van der Waals surface area contributed by atoms with Crippen LogP contribution in [0.25, 0.3) is 0 Å². The van der Waals surface area contributed by atoms with Gasteiger partial charge in [0.1, 0.15) is 6.54 Å². The van der Waals surface area contributed by atoms with E-state index in [9.17, 15) is 18.0 Å². The predicted molar refractivity (Wildman–Crippen MR) is 66.8 cm³/mol. The van der Waals surface area contributed by atoms with Gasteiger partial charge in [-0.25, -0.2) is 4.79 Å². The monoisotopic (exact) mass is 290 g/mol. The van der Waals surface area contributed by atoms with Crippen LogP contribution in [-0.2, 0) is 0 Å². The summed E-state index contributed by atoms with van der Waals surface area (Å²) in [7, 11) is 1.32. The normalized spacial score (nSPS) is 12.1. The van der Waals surface area contributed by atoms with Crippen LogP contribution in [0.1, 0.15) is 5.56 Å². The molecule has 0 aromatic heterocycles. The number of anilines is 1. The molecule has 4 N–H and O–H groups in total. The number of nitrogens with two attached hydrogens (primary N) is 1. The lowest BCUT2D eigenvalue weighted by Gasteiger charge is -2.19. The van der Waals surface area contributed by atoms with Crippen molar-refractivity contribution in [3.8, 4) is 0 Å². The first-order valence-electron chi connectivity index (χ1n) is 5.41. The average Bonchev–Trinajstić information content (AvgIpc) is 2.42. The zero-order chi connectivity index (χ0) is 15.3. The highest BCUT2D eigenvalue weighted by molar-refractivity contribution is 5.98. The maximum absolute atomic E-state index is 12.0. The Balaban J connectivity index is 2.72. The summed E-state index contributed by atoms with van der Waals surface area (Å²) in [5.74, 6) is -0.110. The van der Waals surface area contributed by atoms with Gasteiger partial charge in [-0.3, -0.25) is 4.90 Å². The minimum Gasteiger partial charge on any atom is -0.409 e. The Hall–Kier alpha value is -2.45. The van der Waals surface area contributed by atoms with Crippen LogP contribution in [0, 0.1) is 0 Å². The summed E-state index contributed by atoms with van der Waals surface area (Å²) in [6.45, 7) is -1.40. The largest absolute Gasteiger partial charge is 0.409 e. The Morgan fingerprint density at radius 1 is 1.40 bits per heavy atom. The van der Waals surface area contributed by atoms with Crippen LogP contribution >= 0.6 is 0 Å². The molecule has 0 radical (unpaired) electrons. The van der Waals surface area contributed by atoms with Crippen molar-refractivity contribution in [1.82, 2.24) is 5.32 Å². The Bertz CT molecular complexity index is 499. The molecule has 0 aliphatic heterocycles. The maximum Gasteiger partial charge on any atom is 0.405 e. The summed E-state index contributed by atoms with van der Waals surface area (Å²) in [5.41, 5.74) is 6.14. The van der Waals surface area contributed by atoms with E-state index in [0.717, 1.165) is 4.90 Å². The zero-order valence-electron chi connectivity index (χ0n) is 10.5. The molecule has 1 aromatic carbocycles. The first-order chi connectivity index (χ1) is 9.24. The highest BCUT2D eigenvalue weighted by atomic mass is 19.4. The second-order valence-corrected chi connectivity index (χ2v) is 3.87. The SMILES string of the molecule is CN(C(=O)NCC(F)(F)F)c1ccc(/C(N)=N/O)cc1. The number of nitrogens with zero attached hydrogens (tertiary/aromatic N) is 2. The number of hydrogen-bond acceptors (Lipinski definition) is 3. The van der Waals surface area contributed by atoms with Crippen molar-refractivity contribution in [2.75, 3.05) is 18.5 Å². The first kappa shape index (κ1) is 15.6. The molecule has 1 aromatic rings. The third-order valence-electron chi connectivity index (χ3n) is 2.40. The molecule has 0 aliphatic carbocycles. The molecule has 0 bridgehead atoms. The van der Waals surface area contributed by atoms with Gasteiger partial charge in [0.05, 0.1) is 0 Å². The summed E-state index contributed by atoms with van der Waals surface area (Å²) in [6, 6.07) is 4.97. The molecule has 0 saturated heterocycles. The predicted octanol–water partition coefficient (Wildman–Crippen LogP) is 1.49. The van der Waals surface area contributed by atoms with Crippen LogP contribution in [0.2, 0.25) is 0 Å². The molecule has 0 spiro atoms.